The van der Waals surface area contributed by atoms with Crippen LogP contribution >= 0.6 is 11.3 Å². The Kier molecular flexibility index (Phi) is 4.98. The average Bonchev–Trinajstić information content (AvgIpc) is 3.39. The minimum atomic E-state index is 0.296. The first-order valence-electron chi connectivity index (χ1n) is 8.62. The Balaban J connectivity index is 1.33. The monoisotopic (exact) mass is 371 g/mol. The van der Waals surface area contributed by atoms with Crippen molar-refractivity contribution in [2.45, 2.75) is 12.8 Å². The number of hydrogen-bond acceptors (Lipinski definition) is 8. The lowest BCUT2D eigenvalue weighted by Gasteiger charge is -2.15. The van der Waals surface area contributed by atoms with Crippen LogP contribution in [0.25, 0.3) is 5.13 Å². The van der Waals surface area contributed by atoms with Crippen molar-refractivity contribution in [3.8, 4) is 10.9 Å². The van der Waals surface area contributed by atoms with Crippen molar-refractivity contribution in [2.24, 2.45) is 0 Å². The van der Waals surface area contributed by atoms with Crippen LogP contribution in [0.3, 0.4) is 0 Å². The van der Waals surface area contributed by atoms with Gasteiger partial charge in [-0.25, -0.2) is 4.98 Å². The third-order valence-corrected chi connectivity index (χ3v) is 4.97. The number of thiazole rings is 1. The van der Waals surface area contributed by atoms with Gasteiger partial charge in [0.1, 0.15) is 12.4 Å². The van der Waals surface area contributed by atoms with Crippen LogP contribution in [0, 0.1) is 0 Å². The molecule has 0 bridgehead atoms. The summed E-state index contributed by atoms with van der Waals surface area (Å²) in [6.07, 6.45) is 4.31. The second kappa shape index (κ2) is 7.71. The molecule has 1 fully saturated rings. The Morgan fingerprint density at radius 1 is 1.19 bits per heavy atom. The number of anilines is 3. The summed E-state index contributed by atoms with van der Waals surface area (Å²) in [6, 6.07) is 7.75. The number of nitrogen functional groups attached to an aromatic ring is 1. The molecular formula is C17H21N7OS. The van der Waals surface area contributed by atoms with E-state index in [1.807, 2.05) is 29.6 Å². The smallest absolute Gasteiger partial charge is 0.248 e. The molecule has 9 heteroatoms. The van der Waals surface area contributed by atoms with Gasteiger partial charge < -0.3 is 15.8 Å². The number of nitrogens with two attached hydrogens (primary N) is 1. The fourth-order valence-electron chi connectivity index (χ4n) is 2.90. The summed E-state index contributed by atoms with van der Waals surface area (Å²) in [5.41, 5.74) is 6.78. The molecule has 8 nitrogen and oxygen atoms in total. The van der Waals surface area contributed by atoms with E-state index in [0.717, 1.165) is 18.0 Å². The second-order valence-electron chi connectivity index (χ2n) is 6.07. The maximum absolute atomic E-state index is 5.91. The molecule has 1 aliphatic heterocycles. The Labute approximate surface area is 155 Å². The molecule has 0 amide bonds. The van der Waals surface area contributed by atoms with Crippen LogP contribution in [-0.2, 0) is 0 Å². The number of nitrogens with zero attached hydrogens (tertiary/aromatic N) is 5. The van der Waals surface area contributed by atoms with E-state index in [2.05, 4.69) is 25.3 Å². The molecule has 3 N–H and O–H groups in total. The first-order valence-corrected chi connectivity index (χ1v) is 9.50. The van der Waals surface area contributed by atoms with Gasteiger partial charge >= 0.3 is 0 Å². The highest BCUT2D eigenvalue weighted by molar-refractivity contribution is 7.12. The van der Waals surface area contributed by atoms with Crippen molar-refractivity contribution in [3.63, 3.8) is 0 Å². The highest BCUT2D eigenvalue weighted by atomic mass is 32.1. The van der Waals surface area contributed by atoms with Crippen molar-refractivity contribution in [1.82, 2.24) is 24.6 Å². The maximum atomic E-state index is 5.91. The van der Waals surface area contributed by atoms with Gasteiger partial charge in [-0.3, -0.25) is 4.90 Å². The number of hydrogen-bond donors (Lipinski definition) is 2. The van der Waals surface area contributed by atoms with Crippen LogP contribution in [0.15, 0.2) is 35.8 Å². The lowest BCUT2D eigenvalue weighted by Crippen LogP contribution is -2.25. The van der Waals surface area contributed by atoms with Gasteiger partial charge in [-0.15, -0.1) is 16.4 Å². The first kappa shape index (κ1) is 16.8. The second-order valence-corrected chi connectivity index (χ2v) is 6.94. The number of rotatable bonds is 7. The summed E-state index contributed by atoms with van der Waals surface area (Å²) in [5, 5.41) is 10.0. The zero-order valence-corrected chi connectivity index (χ0v) is 15.2. The third-order valence-electron chi connectivity index (χ3n) is 4.22. The molecule has 0 radical (unpaired) electrons. The van der Waals surface area contributed by atoms with Gasteiger partial charge in [0, 0.05) is 23.8 Å². The van der Waals surface area contributed by atoms with E-state index in [1.165, 1.54) is 41.9 Å². The zero-order chi connectivity index (χ0) is 17.8. The quantitative estimate of drug-likeness (QED) is 0.659. The predicted octanol–water partition coefficient (Wildman–Crippen LogP) is 2.52. The molecule has 0 atom stereocenters. The molecule has 2 aromatic heterocycles. The number of aromatic nitrogens is 4. The lowest BCUT2D eigenvalue weighted by atomic mass is 10.3. The molecule has 1 aliphatic rings. The Hall–Kier alpha value is -2.65. The van der Waals surface area contributed by atoms with Crippen LogP contribution < -0.4 is 15.8 Å². The van der Waals surface area contributed by atoms with Gasteiger partial charge in [-0.05, 0) is 50.2 Å². The van der Waals surface area contributed by atoms with E-state index in [-0.39, 0.29) is 0 Å². The Bertz CT molecular complexity index is 825. The predicted molar refractivity (Wildman–Crippen MR) is 102 cm³/mol. The van der Waals surface area contributed by atoms with Gasteiger partial charge in [0.15, 0.2) is 0 Å². The lowest BCUT2D eigenvalue weighted by molar-refractivity contribution is 0.238. The normalized spacial score (nSPS) is 14.6. The summed E-state index contributed by atoms with van der Waals surface area (Å²) in [4.78, 5) is 10.8. The maximum Gasteiger partial charge on any atom is 0.248 e. The fraction of sp³-hybridized carbons (Fsp3) is 0.353. The number of ether oxygens (including phenoxy) is 1. The van der Waals surface area contributed by atoms with E-state index >= 15 is 0 Å². The molecule has 0 unspecified atom stereocenters. The average molecular weight is 371 g/mol. The van der Waals surface area contributed by atoms with E-state index in [0.29, 0.717) is 23.6 Å². The van der Waals surface area contributed by atoms with Gasteiger partial charge in [0.25, 0.3) is 0 Å². The van der Waals surface area contributed by atoms with Gasteiger partial charge in [0.2, 0.25) is 17.0 Å². The summed E-state index contributed by atoms with van der Waals surface area (Å²) in [7, 11) is 0. The molecule has 0 saturated carbocycles. The third kappa shape index (κ3) is 3.94. The van der Waals surface area contributed by atoms with Gasteiger partial charge in [0.05, 0.1) is 0 Å². The van der Waals surface area contributed by atoms with Crippen LogP contribution in [0.1, 0.15) is 12.8 Å². The van der Waals surface area contributed by atoms with Crippen LogP contribution in [0.5, 0.6) is 5.75 Å². The molecule has 0 aliphatic carbocycles. The van der Waals surface area contributed by atoms with Crippen molar-refractivity contribution >= 4 is 28.9 Å². The van der Waals surface area contributed by atoms with E-state index in [4.69, 9.17) is 10.5 Å². The van der Waals surface area contributed by atoms with Crippen molar-refractivity contribution < 1.29 is 4.74 Å². The summed E-state index contributed by atoms with van der Waals surface area (Å²) < 4.78 is 7.33. The van der Waals surface area contributed by atoms with Crippen molar-refractivity contribution in [1.29, 1.82) is 0 Å². The molecule has 3 aromatic rings. The number of benzene rings is 1. The Morgan fingerprint density at radius 3 is 2.73 bits per heavy atom. The largest absolute Gasteiger partial charge is 0.492 e. The summed E-state index contributed by atoms with van der Waals surface area (Å²) >= 11 is 1.45. The van der Waals surface area contributed by atoms with Crippen LogP contribution in [0.2, 0.25) is 0 Å². The molecule has 4 rings (SSSR count). The van der Waals surface area contributed by atoms with Crippen molar-refractivity contribution in [3.05, 3.63) is 35.8 Å². The molecule has 136 valence electrons. The number of likely N-dealkylation sites (tertiary alicyclic amines) is 1. The molecule has 1 saturated heterocycles. The van der Waals surface area contributed by atoms with Crippen LogP contribution in [0.4, 0.5) is 17.6 Å². The fourth-order valence-corrected chi connectivity index (χ4v) is 3.50. The zero-order valence-electron chi connectivity index (χ0n) is 14.3. The highest BCUT2D eigenvalue weighted by Crippen LogP contribution is 2.21. The van der Waals surface area contributed by atoms with E-state index < -0.39 is 0 Å². The highest BCUT2D eigenvalue weighted by Gasteiger charge is 2.12. The molecular weight excluding hydrogens is 350 g/mol. The summed E-state index contributed by atoms with van der Waals surface area (Å²) in [6.45, 7) is 4.08. The Morgan fingerprint density at radius 2 is 2.00 bits per heavy atom. The molecule has 1 aromatic carbocycles. The van der Waals surface area contributed by atoms with Crippen LogP contribution in [-0.4, -0.2) is 50.9 Å². The summed E-state index contributed by atoms with van der Waals surface area (Å²) in [5.74, 6) is 1.58. The minimum Gasteiger partial charge on any atom is -0.492 e. The SMILES string of the molecule is Nc1nc(Nc2ccc(OCCN3CCCC3)cc2)nn1-c1nccs1. The standard InChI is InChI=1S/C17H21N7OS/c18-15-21-16(22-24(15)17-19-7-12-26-17)20-13-3-5-14(6-4-13)25-11-10-23-8-1-2-9-23/h3-7,12H,1-2,8-11H2,(H3,18,20,21,22). The molecule has 0 spiro atoms. The number of nitrogens with one attached hydrogen (secondary N) is 1. The first-order chi connectivity index (χ1) is 12.8. The van der Waals surface area contributed by atoms with Gasteiger partial charge in [-0.2, -0.15) is 9.67 Å². The molecule has 3 heterocycles. The van der Waals surface area contributed by atoms with Gasteiger partial charge in [-0.1, -0.05) is 0 Å². The molecule has 26 heavy (non-hydrogen) atoms. The van der Waals surface area contributed by atoms with E-state index in [1.54, 1.807) is 6.20 Å². The minimum absolute atomic E-state index is 0.296. The van der Waals surface area contributed by atoms with E-state index in [9.17, 15) is 0 Å². The van der Waals surface area contributed by atoms with Crippen molar-refractivity contribution in [2.75, 3.05) is 37.3 Å². The topological polar surface area (TPSA) is 94.1 Å².